The zero-order chi connectivity index (χ0) is 15.8. The van der Waals surface area contributed by atoms with Gasteiger partial charge >= 0.3 is 5.97 Å². The molecule has 2 aromatic rings. The van der Waals surface area contributed by atoms with E-state index in [1.54, 1.807) is 25.1 Å². The molecule has 0 fully saturated rings. The Hall–Kier alpha value is -1.86. The number of sulfonamides is 1. The van der Waals surface area contributed by atoms with Gasteiger partial charge in [0.2, 0.25) is 0 Å². The van der Waals surface area contributed by atoms with E-state index in [4.69, 9.17) is 5.11 Å². The van der Waals surface area contributed by atoms with Gasteiger partial charge in [0.25, 0.3) is 10.0 Å². The molecule has 2 rings (SSSR count). The molecule has 112 valence electrons. The molecule has 0 saturated heterocycles. The van der Waals surface area contributed by atoms with Gasteiger partial charge < -0.3 is 5.11 Å². The van der Waals surface area contributed by atoms with Crippen LogP contribution in [0.25, 0.3) is 0 Å². The second-order valence-corrected chi connectivity index (χ2v) is 7.94. The Morgan fingerprint density at radius 1 is 1.24 bits per heavy atom. The molecule has 0 saturated carbocycles. The Labute approximate surface area is 127 Å². The largest absolute Gasteiger partial charge is 0.477 e. The molecule has 1 N–H and O–H groups in total. The topological polar surface area (TPSA) is 74.7 Å². The SMILES string of the molecule is Cc1cccc(N(C)S(=O)(=O)c2cc(C)c(C(=O)O)s2)c1. The van der Waals surface area contributed by atoms with Crippen molar-refractivity contribution in [2.45, 2.75) is 18.1 Å². The molecular formula is C14H15NO4S2. The average molecular weight is 325 g/mol. The fourth-order valence-electron chi connectivity index (χ4n) is 1.89. The van der Waals surface area contributed by atoms with Gasteiger partial charge in [0.15, 0.2) is 0 Å². The van der Waals surface area contributed by atoms with E-state index in [9.17, 15) is 13.2 Å². The number of nitrogens with zero attached hydrogens (tertiary/aromatic N) is 1. The van der Waals surface area contributed by atoms with E-state index in [-0.39, 0.29) is 9.09 Å². The van der Waals surface area contributed by atoms with Crippen molar-refractivity contribution in [3.05, 3.63) is 46.3 Å². The fraction of sp³-hybridized carbons (Fsp3) is 0.214. The molecule has 0 aliphatic rings. The van der Waals surface area contributed by atoms with Gasteiger partial charge in [0.1, 0.15) is 9.09 Å². The van der Waals surface area contributed by atoms with Crippen LogP contribution in [-0.4, -0.2) is 26.5 Å². The summed E-state index contributed by atoms with van der Waals surface area (Å²) in [5.41, 5.74) is 1.93. The normalized spacial score (nSPS) is 11.4. The van der Waals surface area contributed by atoms with Crippen LogP contribution < -0.4 is 4.31 Å². The number of carbonyl (C=O) groups is 1. The molecule has 1 aromatic carbocycles. The van der Waals surface area contributed by atoms with Crippen LogP contribution in [0.1, 0.15) is 20.8 Å². The van der Waals surface area contributed by atoms with E-state index in [2.05, 4.69) is 0 Å². The van der Waals surface area contributed by atoms with Crippen molar-refractivity contribution in [2.75, 3.05) is 11.4 Å². The lowest BCUT2D eigenvalue weighted by molar-refractivity contribution is 0.0701. The maximum absolute atomic E-state index is 12.6. The highest BCUT2D eigenvalue weighted by Gasteiger charge is 2.26. The summed E-state index contributed by atoms with van der Waals surface area (Å²) >= 11 is 0.773. The minimum atomic E-state index is -3.76. The average Bonchev–Trinajstić information content (AvgIpc) is 2.80. The first-order valence-electron chi connectivity index (χ1n) is 6.13. The predicted molar refractivity (Wildman–Crippen MR) is 82.8 cm³/mol. The number of aromatic carboxylic acids is 1. The maximum atomic E-state index is 12.6. The summed E-state index contributed by atoms with van der Waals surface area (Å²) in [5.74, 6) is -1.11. The summed E-state index contributed by atoms with van der Waals surface area (Å²) in [6.45, 7) is 3.47. The third kappa shape index (κ3) is 2.93. The van der Waals surface area contributed by atoms with E-state index in [0.29, 0.717) is 11.3 Å². The zero-order valence-electron chi connectivity index (χ0n) is 11.8. The van der Waals surface area contributed by atoms with Crippen LogP contribution in [0.5, 0.6) is 0 Å². The standard InChI is InChI=1S/C14H15NO4S2/c1-9-5-4-6-11(7-9)15(3)21(18,19)12-8-10(2)13(20-12)14(16)17/h4-8H,1-3H3,(H,16,17). The number of hydrogen-bond donors (Lipinski definition) is 1. The molecule has 0 aliphatic heterocycles. The number of carboxylic acid groups (broad SMARTS) is 1. The van der Waals surface area contributed by atoms with Crippen LogP contribution in [0.3, 0.4) is 0 Å². The number of anilines is 1. The zero-order valence-corrected chi connectivity index (χ0v) is 13.5. The molecule has 0 bridgehead atoms. The van der Waals surface area contributed by atoms with Crippen LogP contribution in [0.15, 0.2) is 34.5 Å². The molecule has 1 heterocycles. The summed E-state index contributed by atoms with van der Waals surface area (Å²) in [4.78, 5) is 11.1. The molecule has 0 spiro atoms. The van der Waals surface area contributed by atoms with Gasteiger partial charge in [-0.2, -0.15) is 0 Å². The number of rotatable bonds is 4. The number of thiophene rings is 1. The molecule has 5 nitrogen and oxygen atoms in total. The monoisotopic (exact) mass is 325 g/mol. The van der Waals surface area contributed by atoms with Gasteiger partial charge in [-0.15, -0.1) is 11.3 Å². The Morgan fingerprint density at radius 3 is 2.43 bits per heavy atom. The van der Waals surface area contributed by atoms with Gasteiger partial charge in [0.05, 0.1) is 5.69 Å². The molecule has 0 radical (unpaired) electrons. The van der Waals surface area contributed by atoms with Gasteiger partial charge in [-0.3, -0.25) is 4.31 Å². The quantitative estimate of drug-likeness (QED) is 0.938. The second kappa shape index (κ2) is 5.50. The number of benzene rings is 1. The lowest BCUT2D eigenvalue weighted by atomic mass is 10.2. The third-order valence-electron chi connectivity index (χ3n) is 3.07. The van der Waals surface area contributed by atoms with E-state index in [1.165, 1.54) is 13.1 Å². The second-order valence-electron chi connectivity index (χ2n) is 4.69. The van der Waals surface area contributed by atoms with Crippen LogP contribution in [-0.2, 0) is 10.0 Å². The van der Waals surface area contributed by atoms with Crippen molar-refractivity contribution in [1.29, 1.82) is 0 Å². The first-order chi connectivity index (χ1) is 9.73. The minimum absolute atomic E-state index is 0.0291. The third-order valence-corrected chi connectivity index (χ3v) is 6.53. The number of aryl methyl sites for hydroxylation is 2. The maximum Gasteiger partial charge on any atom is 0.346 e. The Balaban J connectivity index is 2.47. The molecule has 1 aromatic heterocycles. The summed E-state index contributed by atoms with van der Waals surface area (Å²) in [5, 5.41) is 9.04. The fourth-order valence-corrected chi connectivity index (χ4v) is 4.63. The van der Waals surface area contributed by atoms with Crippen molar-refractivity contribution in [3.63, 3.8) is 0 Å². The molecule has 0 amide bonds. The highest BCUT2D eigenvalue weighted by Crippen LogP contribution is 2.30. The first-order valence-corrected chi connectivity index (χ1v) is 8.38. The van der Waals surface area contributed by atoms with Crippen molar-refractivity contribution in [1.82, 2.24) is 0 Å². The first kappa shape index (κ1) is 15.5. The highest BCUT2D eigenvalue weighted by molar-refractivity contribution is 7.94. The highest BCUT2D eigenvalue weighted by atomic mass is 32.2. The van der Waals surface area contributed by atoms with E-state index < -0.39 is 16.0 Å². The number of carboxylic acids is 1. The van der Waals surface area contributed by atoms with Gasteiger partial charge in [0, 0.05) is 7.05 Å². The minimum Gasteiger partial charge on any atom is -0.477 e. The molecule has 7 heteroatoms. The Bertz CT molecular complexity index is 793. The lowest BCUT2D eigenvalue weighted by Crippen LogP contribution is -2.25. The summed E-state index contributed by atoms with van der Waals surface area (Å²) in [7, 11) is -2.30. The molecule has 21 heavy (non-hydrogen) atoms. The van der Waals surface area contributed by atoms with E-state index >= 15 is 0 Å². The Kier molecular flexibility index (Phi) is 4.06. The van der Waals surface area contributed by atoms with Crippen LogP contribution in [0, 0.1) is 13.8 Å². The summed E-state index contributed by atoms with van der Waals surface area (Å²) < 4.78 is 26.3. The lowest BCUT2D eigenvalue weighted by Gasteiger charge is -2.18. The van der Waals surface area contributed by atoms with E-state index in [1.807, 2.05) is 13.0 Å². The molecular weight excluding hydrogens is 310 g/mol. The van der Waals surface area contributed by atoms with E-state index in [0.717, 1.165) is 21.2 Å². The predicted octanol–water partition coefficient (Wildman–Crippen LogP) is 2.89. The van der Waals surface area contributed by atoms with Gasteiger partial charge in [-0.25, -0.2) is 13.2 Å². The molecule has 0 atom stereocenters. The molecule has 0 unspecified atom stereocenters. The summed E-state index contributed by atoms with van der Waals surface area (Å²) in [6, 6.07) is 8.51. The van der Waals surface area contributed by atoms with Crippen molar-refractivity contribution in [2.24, 2.45) is 0 Å². The van der Waals surface area contributed by atoms with Crippen LogP contribution >= 0.6 is 11.3 Å². The smallest absolute Gasteiger partial charge is 0.346 e. The van der Waals surface area contributed by atoms with Gasteiger partial charge in [-0.05, 0) is 43.2 Å². The number of hydrogen-bond acceptors (Lipinski definition) is 4. The molecule has 0 aliphatic carbocycles. The van der Waals surface area contributed by atoms with Crippen LogP contribution in [0.2, 0.25) is 0 Å². The van der Waals surface area contributed by atoms with Crippen molar-refractivity contribution < 1.29 is 18.3 Å². The summed E-state index contributed by atoms with van der Waals surface area (Å²) in [6.07, 6.45) is 0. The van der Waals surface area contributed by atoms with Crippen molar-refractivity contribution >= 4 is 33.0 Å². The van der Waals surface area contributed by atoms with Gasteiger partial charge in [-0.1, -0.05) is 12.1 Å². The van der Waals surface area contributed by atoms with Crippen molar-refractivity contribution in [3.8, 4) is 0 Å². The van der Waals surface area contributed by atoms with Crippen LogP contribution in [0.4, 0.5) is 5.69 Å². The Morgan fingerprint density at radius 2 is 1.90 bits per heavy atom.